The van der Waals surface area contributed by atoms with Gasteiger partial charge >= 0.3 is 0 Å². The fourth-order valence-corrected chi connectivity index (χ4v) is 2.55. The van der Waals surface area contributed by atoms with Crippen LogP contribution in [0.1, 0.15) is 21.6 Å². The summed E-state index contributed by atoms with van der Waals surface area (Å²) in [6.45, 7) is 3.49. The minimum atomic E-state index is -0.169. The number of benzene rings is 2. The van der Waals surface area contributed by atoms with E-state index >= 15 is 0 Å². The van der Waals surface area contributed by atoms with Crippen molar-refractivity contribution >= 4 is 5.91 Å². The minimum absolute atomic E-state index is 0.169. The summed E-state index contributed by atoms with van der Waals surface area (Å²) in [6.07, 6.45) is 1.67. The Morgan fingerprint density at radius 3 is 2.73 bits per heavy atom. The first-order valence-electron chi connectivity index (χ1n) is 8.51. The quantitative estimate of drug-likeness (QED) is 0.657. The van der Waals surface area contributed by atoms with Gasteiger partial charge in [0.05, 0.1) is 19.3 Å². The van der Waals surface area contributed by atoms with E-state index in [1.807, 2.05) is 61.5 Å². The molecule has 0 fully saturated rings. The molecule has 6 nitrogen and oxygen atoms in total. The molecule has 0 radical (unpaired) electrons. The first-order valence-corrected chi connectivity index (χ1v) is 8.51. The van der Waals surface area contributed by atoms with E-state index in [0.717, 1.165) is 16.9 Å². The van der Waals surface area contributed by atoms with Crippen LogP contribution in [0.25, 0.3) is 0 Å². The topological polar surface area (TPSA) is 60.2 Å². The van der Waals surface area contributed by atoms with Crippen molar-refractivity contribution in [3.8, 4) is 5.75 Å². The Morgan fingerprint density at radius 2 is 1.96 bits per heavy atom. The molecule has 0 unspecified atom stereocenters. The van der Waals surface area contributed by atoms with Gasteiger partial charge in [-0.3, -0.25) is 4.79 Å². The number of likely N-dealkylation sites (N-methyl/N-ethyl adjacent to an activating group) is 1. The van der Waals surface area contributed by atoms with Gasteiger partial charge in [0.2, 0.25) is 0 Å². The molecule has 0 aliphatic heterocycles. The normalized spacial score (nSPS) is 10.5. The second-order valence-electron chi connectivity index (χ2n) is 6.18. The van der Waals surface area contributed by atoms with Crippen molar-refractivity contribution < 1.29 is 9.53 Å². The maximum absolute atomic E-state index is 12.5. The van der Waals surface area contributed by atoms with Gasteiger partial charge in [-0.25, -0.2) is 4.68 Å². The summed E-state index contributed by atoms with van der Waals surface area (Å²) in [6, 6.07) is 17.8. The Bertz CT molecular complexity index is 861. The van der Waals surface area contributed by atoms with Gasteiger partial charge in [-0.2, -0.15) is 0 Å². The second-order valence-corrected chi connectivity index (χ2v) is 6.18. The van der Waals surface area contributed by atoms with E-state index in [0.29, 0.717) is 25.4 Å². The van der Waals surface area contributed by atoms with Gasteiger partial charge in [0.15, 0.2) is 5.69 Å². The van der Waals surface area contributed by atoms with Crippen LogP contribution in [0.3, 0.4) is 0 Å². The third kappa shape index (κ3) is 4.69. The van der Waals surface area contributed by atoms with E-state index in [4.69, 9.17) is 4.74 Å². The fourth-order valence-electron chi connectivity index (χ4n) is 2.55. The highest BCUT2D eigenvalue weighted by Crippen LogP contribution is 2.12. The molecule has 1 heterocycles. The number of carbonyl (C=O) groups excluding carboxylic acids is 1. The number of hydrogen-bond acceptors (Lipinski definition) is 4. The standard InChI is InChI=1S/C20H22N4O2/c1-16-7-6-10-18(13-16)26-12-11-23(2)20(25)19-15-24(22-21-19)14-17-8-4-3-5-9-17/h3-10,13,15H,11-12,14H2,1-2H3. The molecule has 0 bridgehead atoms. The Morgan fingerprint density at radius 1 is 1.15 bits per heavy atom. The summed E-state index contributed by atoms with van der Waals surface area (Å²) in [5.41, 5.74) is 2.58. The number of ether oxygens (including phenoxy) is 1. The molecule has 3 rings (SSSR count). The molecule has 1 amide bonds. The molecule has 26 heavy (non-hydrogen) atoms. The highest BCUT2D eigenvalue weighted by Gasteiger charge is 2.15. The maximum atomic E-state index is 12.5. The molecule has 3 aromatic rings. The lowest BCUT2D eigenvalue weighted by Gasteiger charge is -2.16. The first-order chi connectivity index (χ1) is 12.6. The maximum Gasteiger partial charge on any atom is 0.275 e. The number of hydrogen-bond donors (Lipinski definition) is 0. The minimum Gasteiger partial charge on any atom is -0.492 e. The lowest BCUT2D eigenvalue weighted by molar-refractivity contribution is 0.0768. The van der Waals surface area contributed by atoms with Gasteiger partial charge < -0.3 is 9.64 Å². The average Bonchev–Trinajstić information content (AvgIpc) is 3.10. The number of amides is 1. The Hall–Kier alpha value is -3.15. The van der Waals surface area contributed by atoms with Crippen molar-refractivity contribution in [1.29, 1.82) is 0 Å². The third-order valence-electron chi connectivity index (χ3n) is 3.98. The van der Waals surface area contributed by atoms with Gasteiger partial charge in [-0.05, 0) is 30.2 Å². The summed E-state index contributed by atoms with van der Waals surface area (Å²) >= 11 is 0. The monoisotopic (exact) mass is 350 g/mol. The molecule has 1 aromatic heterocycles. The zero-order valence-electron chi connectivity index (χ0n) is 15.0. The van der Waals surface area contributed by atoms with E-state index in [2.05, 4.69) is 10.3 Å². The van der Waals surface area contributed by atoms with E-state index in [9.17, 15) is 4.79 Å². The smallest absolute Gasteiger partial charge is 0.275 e. The van der Waals surface area contributed by atoms with Crippen LogP contribution in [0.4, 0.5) is 0 Å². The predicted octanol–water partition coefficient (Wildman–Crippen LogP) is 2.79. The molecule has 0 atom stereocenters. The van der Waals surface area contributed by atoms with Crippen LogP contribution in [-0.4, -0.2) is 46.0 Å². The molecule has 6 heteroatoms. The zero-order valence-corrected chi connectivity index (χ0v) is 15.0. The lowest BCUT2D eigenvalue weighted by Crippen LogP contribution is -2.31. The lowest BCUT2D eigenvalue weighted by atomic mass is 10.2. The van der Waals surface area contributed by atoms with Crippen LogP contribution in [-0.2, 0) is 6.54 Å². The average molecular weight is 350 g/mol. The molecule has 0 aliphatic carbocycles. The van der Waals surface area contributed by atoms with Gasteiger partial charge in [0.1, 0.15) is 12.4 Å². The van der Waals surface area contributed by atoms with Gasteiger partial charge in [-0.15, -0.1) is 5.10 Å². The van der Waals surface area contributed by atoms with Crippen LogP contribution in [0.5, 0.6) is 5.75 Å². The van der Waals surface area contributed by atoms with Crippen molar-refractivity contribution in [2.45, 2.75) is 13.5 Å². The molecule has 0 aliphatic rings. The number of carbonyl (C=O) groups is 1. The largest absolute Gasteiger partial charge is 0.492 e. The van der Waals surface area contributed by atoms with Crippen LogP contribution in [0, 0.1) is 6.92 Å². The molecule has 0 N–H and O–H groups in total. The van der Waals surface area contributed by atoms with E-state index < -0.39 is 0 Å². The SMILES string of the molecule is Cc1cccc(OCCN(C)C(=O)c2cn(Cc3ccccc3)nn2)c1. The molecular weight excluding hydrogens is 328 g/mol. The second kappa shape index (κ2) is 8.29. The summed E-state index contributed by atoms with van der Waals surface area (Å²) in [4.78, 5) is 14.1. The van der Waals surface area contributed by atoms with Gasteiger partial charge in [0, 0.05) is 7.05 Å². The first kappa shape index (κ1) is 17.7. The van der Waals surface area contributed by atoms with Gasteiger partial charge in [0.25, 0.3) is 5.91 Å². The molecule has 134 valence electrons. The van der Waals surface area contributed by atoms with Crippen molar-refractivity contribution in [3.63, 3.8) is 0 Å². The molecule has 0 saturated heterocycles. The summed E-state index contributed by atoms with van der Waals surface area (Å²) in [5, 5.41) is 8.03. The summed E-state index contributed by atoms with van der Waals surface area (Å²) < 4.78 is 7.36. The van der Waals surface area contributed by atoms with E-state index in [1.165, 1.54) is 0 Å². The highest BCUT2D eigenvalue weighted by molar-refractivity contribution is 5.91. The van der Waals surface area contributed by atoms with Crippen molar-refractivity contribution in [2.75, 3.05) is 20.2 Å². The van der Waals surface area contributed by atoms with Crippen LogP contribution in [0.2, 0.25) is 0 Å². The number of aryl methyl sites for hydroxylation is 1. The van der Waals surface area contributed by atoms with Crippen molar-refractivity contribution in [3.05, 3.63) is 77.6 Å². The van der Waals surface area contributed by atoms with Crippen LogP contribution >= 0.6 is 0 Å². The number of rotatable bonds is 7. The Kier molecular flexibility index (Phi) is 5.63. The van der Waals surface area contributed by atoms with Gasteiger partial charge in [-0.1, -0.05) is 47.7 Å². The fraction of sp³-hybridized carbons (Fsp3) is 0.250. The Labute approximate surface area is 153 Å². The highest BCUT2D eigenvalue weighted by atomic mass is 16.5. The van der Waals surface area contributed by atoms with Crippen LogP contribution in [0.15, 0.2) is 60.8 Å². The summed E-state index contributed by atoms with van der Waals surface area (Å²) in [7, 11) is 1.73. The number of nitrogens with zero attached hydrogens (tertiary/aromatic N) is 4. The van der Waals surface area contributed by atoms with Crippen LogP contribution < -0.4 is 4.74 Å². The van der Waals surface area contributed by atoms with Crippen molar-refractivity contribution in [1.82, 2.24) is 19.9 Å². The molecule has 2 aromatic carbocycles. The van der Waals surface area contributed by atoms with E-state index in [1.54, 1.807) is 22.8 Å². The molecular formula is C20H22N4O2. The number of aromatic nitrogens is 3. The summed E-state index contributed by atoms with van der Waals surface area (Å²) in [5.74, 6) is 0.636. The Balaban J connectivity index is 1.52. The zero-order chi connectivity index (χ0) is 18.4. The molecule has 0 spiro atoms. The van der Waals surface area contributed by atoms with E-state index in [-0.39, 0.29) is 5.91 Å². The molecule has 0 saturated carbocycles. The van der Waals surface area contributed by atoms with Crippen molar-refractivity contribution in [2.24, 2.45) is 0 Å². The predicted molar refractivity (Wildman–Crippen MR) is 99.2 cm³/mol. The third-order valence-corrected chi connectivity index (χ3v) is 3.98.